The van der Waals surface area contributed by atoms with Gasteiger partial charge in [-0.15, -0.1) is 0 Å². The number of rotatable bonds is 9. The summed E-state index contributed by atoms with van der Waals surface area (Å²) in [7, 11) is 1.32. The van der Waals surface area contributed by atoms with Gasteiger partial charge in [-0.1, -0.05) is 26.0 Å². The zero-order chi connectivity index (χ0) is 20.5. The Hall–Kier alpha value is -3.27. The molecule has 0 spiro atoms. The second-order valence-corrected chi connectivity index (χ2v) is 6.63. The molecule has 0 unspecified atom stereocenters. The fourth-order valence-electron chi connectivity index (χ4n) is 2.60. The molecule has 2 aromatic rings. The second kappa shape index (κ2) is 10.2. The Morgan fingerprint density at radius 3 is 2.64 bits per heavy atom. The molecule has 0 fully saturated rings. The summed E-state index contributed by atoms with van der Waals surface area (Å²) in [5.41, 5.74) is 0.427. The first-order chi connectivity index (χ1) is 13.4. The Kier molecular flexibility index (Phi) is 7.64. The summed E-state index contributed by atoms with van der Waals surface area (Å²) >= 11 is 0. The lowest BCUT2D eigenvalue weighted by molar-refractivity contribution is -0.140. The Morgan fingerprint density at radius 2 is 1.96 bits per heavy atom. The molecule has 1 aromatic carbocycles. The normalized spacial score (nSPS) is 10.4. The van der Waals surface area contributed by atoms with Crippen molar-refractivity contribution in [3.63, 3.8) is 0 Å². The zero-order valence-electron chi connectivity index (χ0n) is 16.3. The maximum absolute atomic E-state index is 12.8. The topological polar surface area (TPSA) is 92.8 Å². The van der Waals surface area contributed by atoms with Crippen molar-refractivity contribution < 1.29 is 23.5 Å². The summed E-state index contributed by atoms with van der Waals surface area (Å²) in [6.07, 6.45) is 0.122. The van der Waals surface area contributed by atoms with E-state index >= 15 is 0 Å². The van der Waals surface area contributed by atoms with Gasteiger partial charge in [0.1, 0.15) is 24.2 Å². The number of ether oxygens (including phenoxy) is 2. The average Bonchev–Trinajstić information content (AvgIpc) is 3.17. The van der Waals surface area contributed by atoms with E-state index in [2.05, 4.69) is 10.8 Å². The minimum atomic E-state index is -0.369. The first-order valence-electron chi connectivity index (χ1n) is 9.01. The van der Waals surface area contributed by atoms with Crippen molar-refractivity contribution in [2.24, 2.45) is 5.92 Å². The summed E-state index contributed by atoms with van der Waals surface area (Å²) in [6, 6.07) is 12.2. The maximum Gasteiger partial charge on any atom is 0.307 e. The number of nitrogens with zero attached hydrogens (tertiary/aromatic N) is 2. The van der Waals surface area contributed by atoms with Crippen molar-refractivity contribution in [2.45, 2.75) is 26.9 Å². The molecule has 7 nitrogen and oxygen atoms in total. The smallest absolute Gasteiger partial charge is 0.307 e. The van der Waals surface area contributed by atoms with Crippen LogP contribution in [0.1, 0.15) is 42.1 Å². The van der Waals surface area contributed by atoms with E-state index in [1.807, 2.05) is 13.8 Å². The zero-order valence-corrected chi connectivity index (χ0v) is 16.3. The average molecular weight is 384 g/mol. The number of para-hydroxylation sites is 1. The first-order valence-corrected chi connectivity index (χ1v) is 9.01. The molecule has 148 valence electrons. The van der Waals surface area contributed by atoms with Crippen LogP contribution in [0.2, 0.25) is 0 Å². The van der Waals surface area contributed by atoms with Gasteiger partial charge >= 0.3 is 5.97 Å². The number of methoxy groups -OCH3 is 1. The highest BCUT2D eigenvalue weighted by Crippen LogP contribution is 2.19. The Balaban J connectivity index is 2.04. The molecule has 0 radical (unpaired) electrons. The van der Waals surface area contributed by atoms with Crippen LogP contribution in [-0.2, 0) is 16.1 Å². The van der Waals surface area contributed by atoms with Crippen molar-refractivity contribution in [2.75, 3.05) is 20.2 Å². The molecule has 28 heavy (non-hydrogen) atoms. The van der Waals surface area contributed by atoms with Crippen LogP contribution in [0.5, 0.6) is 5.75 Å². The molecular formula is C21H24N2O5. The molecule has 0 saturated carbocycles. The van der Waals surface area contributed by atoms with Crippen LogP contribution in [0.4, 0.5) is 0 Å². The van der Waals surface area contributed by atoms with Gasteiger partial charge in [0.25, 0.3) is 5.91 Å². The minimum absolute atomic E-state index is 0.0956. The number of carbonyl (C=O) groups excluding carboxylic acids is 2. The van der Waals surface area contributed by atoms with Crippen LogP contribution in [0.25, 0.3) is 0 Å². The standard InChI is InChI=1S/C21H24N2O5/c1-15(2)13-23(11-10-20(24)26-3)21(25)19-9-8-17(28-19)14-27-18-7-5-4-6-16(18)12-22/h4-9,15H,10-11,13-14H2,1-3H3. The lowest BCUT2D eigenvalue weighted by atomic mass is 10.2. The Bertz CT molecular complexity index is 850. The van der Waals surface area contributed by atoms with E-state index in [4.69, 9.17) is 14.4 Å². The highest BCUT2D eigenvalue weighted by Gasteiger charge is 2.21. The van der Waals surface area contributed by atoms with Gasteiger partial charge in [-0.3, -0.25) is 9.59 Å². The van der Waals surface area contributed by atoms with Crippen molar-refractivity contribution >= 4 is 11.9 Å². The molecule has 0 aliphatic rings. The summed E-state index contributed by atoms with van der Waals surface area (Å²) < 4.78 is 15.9. The first kappa shape index (κ1) is 21.0. The third-order valence-electron chi connectivity index (χ3n) is 3.94. The molecule has 1 amide bonds. The van der Waals surface area contributed by atoms with Crippen LogP contribution >= 0.6 is 0 Å². The van der Waals surface area contributed by atoms with Crippen LogP contribution in [-0.4, -0.2) is 37.0 Å². The van der Waals surface area contributed by atoms with E-state index in [9.17, 15) is 9.59 Å². The largest absolute Gasteiger partial charge is 0.484 e. The third kappa shape index (κ3) is 5.88. The van der Waals surface area contributed by atoms with Gasteiger partial charge in [-0.2, -0.15) is 5.26 Å². The number of hydrogen-bond acceptors (Lipinski definition) is 6. The molecule has 0 saturated heterocycles. The molecule has 1 heterocycles. The van der Waals surface area contributed by atoms with Gasteiger partial charge in [0.05, 0.1) is 19.1 Å². The molecule has 0 aliphatic carbocycles. The number of hydrogen-bond donors (Lipinski definition) is 0. The van der Waals surface area contributed by atoms with Gasteiger partial charge in [0, 0.05) is 13.1 Å². The van der Waals surface area contributed by atoms with Crippen molar-refractivity contribution in [1.82, 2.24) is 4.90 Å². The SMILES string of the molecule is COC(=O)CCN(CC(C)C)C(=O)c1ccc(COc2ccccc2C#N)o1. The fourth-order valence-corrected chi connectivity index (χ4v) is 2.60. The van der Waals surface area contributed by atoms with Gasteiger partial charge < -0.3 is 18.8 Å². The number of amides is 1. The third-order valence-corrected chi connectivity index (χ3v) is 3.94. The molecule has 0 N–H and O–H groups in total. The predicted octanol–water partition coefficient (Wildman–Crippen LogP) is 3.39. The van der Waals surface area contributed by atoms with E-state index in [0.717, 1.165) is 0 Å². The molecular weight excluding hydrogens is 360 g/mol. The van der Waals surface area contributed by atoms with Crippen LogP contribution < -0.4 is 4.74 Å². The number of carbonyl (C=O) groups is 2. The molecule has 0 atom stereocenters. The number of furan rings is 1. The quantitative estimate of drug-likeness (QED) is 0.615. The van der Waals surface area contributed by atoms with Crippen molar-refractivity contribution in [1.29, 1.82) is 5.26 Å². The molecule has 1 aromatic heterocycles. The van der Waals surface area contributed by atoms with Crippen LogP contribution in [0.3, 0.4) is 0 Å². The Morgan fingerprint density at radius 1 is 1.21 bits per heavy atom. The fraction of sp³-hybridized carbons (Fsp3) is 0.381. The van der Waals surface area contributed by atoms with E-state index in [1.165, 1.54) is 7.11 Å². The van der Waals surface area contributed by atoms with E-state index < -0.39 is 0 Å². The van der Waals surface area contributed by atoms with Crippen LogP contribution in [0.15, 0.2) is 40.8 Å². The molecule has 0 bridgehead atoms. The van der Waals surface area contributed by atoms with Crippen molar-refractivity contribution in [3.8, 4) is 11.8 Å². The highest BCUT2D eigenvalue weighted by atomic mass is 16.5. The summed E-state index contributed by atoms with van der Waals surface area (Å²) in [6.45, 7) is 4.83. The van der Waals surface area contributed by atoms with Gasteiger partial charge in [-0.25, -0.2) is 0 Å². The van der Waals surface area contributed by atoms with Crippen LogP contribution in [0, 0.1) is 17.2 Å². The summed E-state index contributed by atoms with van der Waals surface area (Å²) in [5, 5.41) is 9.10. The number of nitriles is 1. The lowest BCUT2D eigenvalue weighted by Gasteiger charge is -2.23. The van der Waals surface area contributed by atoms with E-state index in [-0.39, 0.29) is 43.1 Å². The molecule has 2 rings (SSSR count). The van der Waals surface area contributed by atoms with Gasteiger partial charge in [-0.05, 0) is 30.2 Å². The Labute approximate surface area is 164 Å². The second-order valence-electron chi connectivity index (χ2n) is 6.63. The van der Waals surface area contributed by atoms with Gasteiger partial charge in [0.15, 0.2) is 5.76 Å². The minimum Gasteiger partial charge on any atom is -0.484 e. The number of esters is 1. The van der Waals surface area contributed by atoms with Crippen molar-refractivity contribution in [3.05, 3.63) is 53.5 Å². The predicted molar refractivity (Wildman–Crippen MR) is 102 cm³/mol. The highest BCUT2D eigenvalue weighted by molar-refractivity contribution is 5.91. The monoisotopic (exact) mass is 384 g/mol. The summed E-state index contributed by atoms with van der Waals surface area (Å²) in [5.74, 6) is 0.675. The van der Waals surface area contributed by atoms with E-state index in [0.29, 0.717) is 23.6 Å². The maximum atomic E-state index is 12.8. The number of benzene rings is 1. The van der Waals surface area contributed by atoms with Gasteiger partial charge in [0.2, 0.25) is 0 Å². The lowest BCUT2D eigenvalue weighted by Crippen LogP contribution is -2.35. The molecule has 7 heteroatoms. The molecule has 0 aliphatic heterocycles. The summed E-state index contributed by atoms with van der Waals surface area (Å²) in [4.78, 5) is 25.8. The van der Waals surface area contributed by atoms with E-state index in [1.54, 1.807) is 41.3 Å².